The third-order valence-corrected chi connectivity index (χ3v) is 4.10. The van der Waals surface area contributed by atoms with Gasteiger partial charge in [0.2, 0.25) is 0 Å². The van der Waals surface area contributed by atoms with Crippen LogP contribution in [-0.4, -0.2) is 24.3 Å². The van der Waals surface area contributed by atoms with Crippen LogP contribution in [0.25, 0.3) is 0 Å². The first kappa shape index (κ1) is 16.6. The lowest BCUT2D eigenvalue weighted by atomic mass is 10.1. The van der Waals surface area contributed by atoms with E-state index in [4.69, 9.17) is 30.3 Å². The van der Waals surface area contributed by atoms with E-state index in [1.165, 1.54) is 0 Å². The number of carbonyl (C=O) groups excluding carboxylic acids is 1. The fourth-order valence-electron chi connectivity index (χ4n) is 2.57. The highest BCUT2D eigenvalue weighted by Crippen LogP contribution is 2.38. The number of fused-ring (bicyclic) bond motifs is 1. The van der Waals surface area contributed by atoms with Crippen molar-refractivity contribution >= 4 is 17.6 Å². The lowest BCUT2D eigenvalue weighted by molar-refractivity contribution is -0.144. The SMILES string of the molecule is Cc1noc(C)c1CCC(=O)OCc1cc(Cl)c2c(c1)OCCO2. The molecule has 0 saturated carbocycles. The molecule has 3 rings (SSSR count). The van der Waals surface area contributed by atoms with Gasteiger partial charge in [-0.25, -0.2) is 0 Å². The summed E-state index contributed by atoms with van der Waals surface area (Å²) < 4.78 is 21.4. The number of benzene rings is 1. The summed E-state index contributed by atoms with van der Waals surface area (Å²) in [4.78, 5) is 11.9. The van der Waals surface area contributed by atoms with Crippen molar-refractivity contribution in [3.05, 3.63) is 39.7 Å². The lowest BCUT2D eigenvalue weighted by Crippen LogP contribution is -2.16. The minimum atomic E-state index is -0.291. The number of hydrogen-bond acceptors (Lipinski definition) is 6. The van der Waals surface area contributed by atoms with E-state index >= 15 is 0 Å². The minimum absolute atomic E-state index is 0.136. The largest absolute Gasteiger partial charge is 0.486 e. The standard InChI is InChI=1S/C17H18ClNO5/c1-10-13(11(2)24-19-10)3-4-16(20)23-9-12-7-14(18)17-15(8-12)21-5-6-22-17/h7-8H,3-6,9H2,1-2H3. The molecular weight excluding hydrogens is 334 g/mol. The van der Waals surface area contributed by atoms with Crippen LogP contribution < -0.4 is 9.47 Å². The zero-order chi connectivity index (χ0) is 17.1. The highest BCUT2D eigenvalue weighted by atomic mass is 35.5. The summed E-state index contributed by atoms with van der Waals surface area (Å²) in [6.07, 6.45) is 0.809. The fourth-order valence-corrected chi connectivity index (χ4v) is 2.86. The number of ether oxygens (including phenoxy) is 3. The van der Waals surface area contributed by atoms with Gasteiger partial charge >= 0.3 is 5.97 Å². The molecule has 0 radical (unpaired) electrons. The van der Waals surface area contributed by atoms with Gasteiger partial charge in [0, 0.05) is 12.0 Å². The van der Waals surface area contributed by atoms with Crippen LogP contribution in [0.5, 0.6) is 11.5 Å². The van der Waals surface area contributed by atoms with Crippen LogP contribution in [0.3, 0.4) is 0 Å². The summed E-state index contributed by atoms with van der Waals surface area (Å²) in [7, 11) is 0. The van der Waals surface area contributed by atoms with Crippen LogP contribution in [-0.2, 0) is 22.6 Å². The maximum atomic E-state index is 11.9. The molecule has 2 heterocycles. The van der Waals surface area contributed by atoms with E-state index in [1.54, 1.807) is 12.1 Å². The monoisotopic (exact) mass is 351 g/mol. The maximum absolute atomic E-state index is 11.9. The Morgan fingerprint density at radius 1 is 1.29 bits per heavy atom. The molecular formula is C17H18ClNO5. The second kappa shape index (κ2) is 7.13. The summed E-state index contributed by atoms with van der Waals surface area (Å²) in [5.74, 6) is 1.56. The van der Waals surface area contributed by atoms with E-state index < -0.39 is 0 Å². The molecule has 0 atom stereocenters. The normalized spacial score (nSPS) is 13.0. The van der Waals surface area contributed by atoms with Gasteiger partial charge in [-0.2, -0.15) is 0 Å². The van der Waals surface area contributed by atoms with Gasteiger partial charge in [-0.15, -0.1) is 0 Å². The molecule has 0 N–H and O–H groups in total. The van der Waals surface area contributed by atoms with Crippen molar-refractivity contribution < 1.29 is 23.5 Å². The predicted molar refractivity (Wildman–Crippen MR) is 86.5 cm³/mol. The Balaban J connectivity index is 1.56. The van der Waals surface area contributed by atoms with Gasteiger partial charge in [0.25, 0.3) is 0 Å². The summed E-state index contributed by atoms with van der Waals surface area (Å²) in [6.45, 7) is 4.77. The van der Waals surface area contributed by atoms with Crippen molar-refractivity contribution in [3.63, 3.8) is 0 Å². The lowest BCUT2D eigenvalue weighted by Gasteiger charge is -2.20. The summed E-state index contributed by atoms with van der Waals surface area (Å²) in [5.41, 5.74) is 2.52. The molecule has 1 aliphatic rings. The van der Waals surface area contributed by atoms with Gasteiger partial charge in [0.15, 0.2) is 11.5 Å². The number of halogens is 1. The number of aryl methyl sites for hydroxylation is 2. The van der Waals surface area contributed by atoms with Crippen molar-refractivity contribution in [1.82, 2.24) is 5.16 Å². The number of hydrogen-bond donors (Lipinski definition) is 0. The van der Waals surface area contributed by atoms with Gasteiger partial charge in [-0.1, -0.05) is 16.8 Å². The van der Waals surface area contributed by atoms with Crippen LogP contribution in [0.1, 0.15) is 29.0 Å². The third kappa shape index (κ3) is 3.64. The molecule has 0 amide bonds. The smallest absolute Gasteiger partial charge is 0.306 e. The van der Waals surface area contributed by atoms with Crippen LogP contribution in [0.2, 0.25) is 5.02 Å². The Hall–Kier alpha value is -2.21. The minimum Gasteiger partial charge on any atom is -0.486 e. The Bertz CT molecular complexity index is 736. The molecule has 0 unspecified atom stereocenters. The van der Waals surface area contributed by atoms with Crippen molar-refractivity contribution in [2.45, 2.75) is 33.3 Å². The van der Waals surface area contributed by atoms with E-state index in [9.17, 15) is 4.79 Å². The Kier molecular flexibility index (Phi) is 4.94. The molecule has 0 bridgehead atoms. The second-order valence-corrected chi connectivity index (χ2v) is 5.97. The molecule has 6 nitrogen and oxygen atoms in total. The first-order valence-electron chi connectivity index (χ1n) is 7.70. The van der Waals surface area contributed by atoms with Crippen LogP contribution in [0.4, 0.5) is 0 Å². The van der Waals surface area contributed by atoms with Gasteiger partial charge in [-0.3, -0.25) is 4.79 Å². The summed E-state index contributed by atoms with van der Waals surface area (Å²) in [5, 5.41) is 4.32. The first-order valence-corrected chi connectivity index (χ1v) is 8.08. The van der Waals surface area contributed by atoms with Crippen molar-refractivity contribution in [2.24, 2.45) is 0 Å². The summed E-state index contributed by atoms with van der Waals surface area (Å²) in [6, 6.07) is 3.50. The average Bonchev–Trinajstić information content (AvgIpc) is 2.89. The van der Waals surface area contributed by atoms with Gasteiger partial charge < -0.3 is 18.7 Å². The molecule has 0 spiro atoms. The van der Waals surface area contributed by atoms with Crippen molar-refractivity contribution in [3.8, 4) is 11.5 Å². The first-order chi connectivity index (χ1) is 11.5. The highest BCUT2D eigenvalue weighted by Gasteiger charge is 2.17. The zero-order valence-corrected chi connectivity index (χ0v) is 14.3. The molecule has 0 saturated heterocycles. The van der Waals surface area contributed by atoms with Gasteiger partial charge in [0.1, 0.15) is 25.6 Å². The summed E-state index contributed by atoms with van der Waals surface area (Å²) >= 11 is 6.16. The number of carbonyl (C=O) groups is 1. The van der Waals surface area contributed by atoms with Crippen LogP contribution in [0, 0.1) is 13.8 Å². The van der Waals surface area contributed by atoms with Crippen molar-refractivity contribution in [2.75, 3.05) is 13.2 Å². The molecule has 0 fully saturated rings. The maximum Gasteiger partial charge on any atom is 0.306 e. The fraction of sp³-hybridized carbons (Fsp3) is 0.412. The van der Waals surface area contributed by atoms with E-state index in [0.717, 1.165) is 22.6 Å². The molecule has 0 aliphatic carbocycles. The molecule has 1 aliphatic heterocycles. The average molecular weight is 352 g/mol. The Morgan fingerprint density at radius 2 is 2.08 bits per heavy atom. The molecule has 7 heteroatoms. The zero-order valence-electron chi connectivity index (χ0n) is 13.6. The Morgan fingerprint density at radius 3 is 2.83 bits per heavy atom. The Labute approximate surface area is 144 Å². The van der Waals surface area contributed by atoms with Crippen molar-refractivity contribution in [1.29, 1.82) is 0 Å². The van der Waals surface area contributed by atoms with E-state index in [0.29, 0.717) is 36.2 Å². The van der Waals surface area contributed by atoms with E-state index in [1.807, 2.05) is 13.8 Å². The molecule has 2 aromatic rings. The quantitative estimate of drug-likeness (QED) is 0.769. The van der Waals surface area contributed by atoms with E-state index in [-0.39, 0.29) is 19.0 Å². The highest BCUT2D eigenvalue weighted by molar-refractivity contribution is 6.32. The predicted octanol–water partition coefficient (Wildman–Crippen LogP) is 3.39. The van der Waals surface area contributed by atoms with Crippen LogP contribution in [0.15, 0.2) is 16.7 Å². The molecule has 1 aromatic heterocycles. The number of nitrogens with zero attached hydrogens (tertiary/aromatic N) is 1. The number of aromatic nitrogens is 1. The molecule has 128 valence electrons. The second-order valence-electron chi connectivity index (χ2n) is 5.57. The topological polar surface area (TPSA) is 70.8 Å². The third-order valence-electron chi connectivity index (χ3n) is 3.82. The number of rotatable bonds is 5. The van der Waals surface area contributed by atoms with E-state index in [2.05, 4.69) is 5.16 Å². The van der Waals surface area contributed by atoms with Gasteiger partial charge in [0.05, 0.1) is 10.7 Å². The van der Waals surface area contributed by atoms with Crippen LogP contribution >= 0.6 is 11.6 Å². The van der Waals surface area contributed by atoms with Gasteiger partial charge in [-0.05, 0) is 38.0 Å². The molecule has 1 aromatic carbocycles. The number of esters is 1. The molecule has 24 heavy (non-hydrogen) atoms.